The summed E-state index contributed by atoms with van der Waals surface area (Å²) in [4.78, 5) is 27.1. The van der Waals surface area contributed by atoms with Gasteiger partial charge < -0.3 is 20.9 Å². The molecule has 0 bridgehead atoms. The van der Waals surface area contributed by atoms with Gasteiger partial charge in [-0.05, 0) is 6.92 Å². The number of rotatable bonds is 2. The highest BCUT2D eigenvalue weighted by atomic mass is 16.2. The number of carbonyl (C=O) groups excluding carboxylic acids is 2. The fourth-order valence-corrected chi connectivity index (χ4v) is 1.99. The number of piperazine rings is 1. The molecule has 2 heterocycles. The summed E-state index contributed by atoms with van der Waals surface area (Å²) in [5, 5.41) is 9.07. The second-order valence-corrected chi connectivity index (χ2v) is 4.32. The third-order valence-electron chi connectivity index (χ3n) is 3.01. The van der Waals surface area contributed by atoms with Crippen LogP contribution in [0.25, 0.3) is 0 Å². The Morgan fingerprint density at radius 3 is 2.53 bits per heavy atom. The molecule has 1 aromatic heterocycles. The molecule has 0 unspecified atom stereocenters. The number of nitrogen functional groups attached to an aromatic ring is 1. The smallest absolute Gasteiger partial charge is 0.317 e. The lowest BCUT2D eigenvalue weighted by molar-refractivity contribution is 0.0659. The van der Waals surface area contributed by atoms with Crippen LogP contribution in [0.2, 0.25) is 0 Å². The third kappa shape index (κ3) is 2.95. The van der Waals surface area contributed by atoms with Gasteiger partial charge in [-0.25, -0.2) is 4.79 Å². The van der Waals surface area contributed by atoms with E-state index in [1.165, 1.54) is 6.07 Å². The standard InChI is InChI=1S/C11H18N6O2/c1-2-13-11(19)17-5-3-16(4-6-17)10(18)8-7-9(12)15-14-8/h7H,2-6H2,1H3,(H,13,19)(H3,12,14,15). The van der Waals surface area contributed by atoms with Crippen LogP contribution in [0.3, 0.4) is 0 Å². The van der Waals surface area contributed by atoms with Crippen LogP contribution >= 0.6 is 0 Å². The van der Waals surface area contributed by atoms with Gasteiger partial charge in [-0.15, -0.1) is 0 Å². The zero-order chi connectivity index (χ0) is 13.8. The summed E-state index contributed by atoms with van der Waals surface area (Å²) >= 11 is 0. The molecule has 104 valence electrons. The number of nitrogens with one attached hydrogen (secondary N) is 2. The van der Waals surface area contributed by atoms with Crippen molar-refractivity contribution in [2.75, 3.05) is 38.5 Å². The number of urea groups is 1. The van der Waals surface area contributed by atoms with Gasteiger partial charge in [-0.3, -0.25) is 9.89 Å². The molecule has 0 atom stereocenters. The molecule has 4 N–H and O–H groups in total. The molecule has 8 heteroatoms. The predicted octanol–water partition coefficient (Wildman–Crippen LogP) is -0.521. The predicted molar refractivity (Wildman–Crippen MR) is 69.5 cm³/mol. The van der Waals surface area contributed by atoms with Gasteiger partial charge in [0.05, 0.1) is 0 Å². The number of hydrogen-bond donors (Lipinski definition) is 3. The van der Waals surface area contributed by atoms with Crippen LogP contribution in [-0.4, -0.2) is 64.7 Å². The molecule has 1 aliphatic rings. The van der Waals surface area contributed by atoms with Gasteiger partial charge in [0.1, 0.15) is 11.5 Å². The van der Waals surface area contributed by atoms with Crippen LogP contribution in [0.5, 0.6) is 0 Å². The molecule has 19 heavy (non-hydrogen) atoms. The fraction of sp³-hybridized carbons (Fsp3) is 0.545. The minimum absolute atomic E-state index is 0.0830. The lowest BCUT2D eigenvalue weighted by Crippen LogP contribution is -2.53. The molecule has 0 spiro atoms. The summed E-state index contributed by atoms with van der Waals surface area (Å²) in [6.07, 6.45) is 0. The number of nitrogens with zero attached hydrogens (tertiary/aromatic N) is 3. The SMILES string of the molecule is CCNC(=O)N1CCN(C(=O)c2cc(N)n[nH]2)CC1. The normalized spacial score (nSPS) is 15.4. The minimum Gasteiger partial charge on any atom is -0.382 e. The van der Waals surface area contributed by atoms with Gasteiger partial charge in [-0.1, -0.05) is 0 Å². The average molecular weight is 266 g/mol. The van der Waals surface area contributed by atoms with E-state index in [1.54, 1.807) is 9.80 Å². The zero-order valence-electron chi connectivity index (χ0n) is 10.8. The van der Waals surface area contributed by atoms with E-state index in [2.05, 4.69) is 15.5 Å². The topological polar surface area (TPSA) is 107 Å². The Kier molecular flexibility index (Phi) is 3.88. The highest BCUT2D eigenvalue weighted by Gasteiger charge is 2.25. The number of carbonyl (C=O) groups is 2. The van der Waals surface area contributed by atoms with Crippen molar-refractivity contribution in [2.45, 2.75) is 6.92 Å². The van der Waals surface area contributed by atoms with E-state index < -0.39 is 0 Å². The number of aromatic amines is 1. The van der Waals surface area contributed by atoms with E-state index in [4.69, 9.17) is 5.73 Å². The maximum Gasteiger partial charge on any atom is 0.317 e. The molecular formula is C11H18N6O2. The Morgan fingerprint density at radius 2 is 2.00 bits per heavy atom. The Balaban J connectivity index is 1.89. The molecule has 8 nitrogen and oxygen atoms in total. The number of H-pyrrole nitrogens is 1. The van der Waals surface area contributed by atoms with Crippen molar-refractivity contribution >= 4 is 17.8 Å². The van der Waals surface area contributed by atoms with Gasteiger partial charge in [-0.2, -0.15) is 5.10 Å². The van der Waals surface area contributed by atoms with E-state index >= 15 is 0 Å². The summed E-state index contributed by atoms with van der Waals surface area (Å²) in [7, 11) is 0. The third-order valence-corrected chi connectivity index (χ3v) is 3.01. The van der Waals surface area contributed by atoms with Crippen molar-refractivity contribution in [1.29, 1.82) is 0 Å². The molecule has 2 rings (SSSR count). The molecule has 0 aromatic carbocycles. The maximum absolute atomic E-state index is 12.1. The number of anilines is 1. The van der Waals surface area contributed by atoms with Crippen molar-refractivity contribution in [3.8, 4) is 0 Å². The van der Waals surface area contributed by atoms with Gasteiger partial charge in [0.25, 0.3) is 5.91 Å². The molecule has 1 aliphatic heterocycles. The summed E-state index contributed by atoms with van der Waals surface area (Å²) in [5.74, 6) is 0.157. The van der Waals surface area contributed by atoms with Crippen molar-refractivity contribution in [2.24, 2.45) is 0 Å². The van der Waals surface area contributed by atoms with Crippen LogP contribution in [-0.2, 0) is 0 Å². The van der Waals surface area contributed by atoms with Crippen molar-refractivity contribution in [3.63, 3.8) is 0 Å². The molecule has 0 saturated carbocycles. The first-order chi connectivity index (χ1) is 9.11. The second kappa shape index (κ2) is 5.59. The Hall–Kier alpha value is -2.25. The van der Waals surface area contributed by atoms with Gasteiger partial charge in [0.2, 0.25) is 0 Å². The monoisotopic (exact) mass is 266 g/mol. The van der Waals surface area contributed by atoms with E-state index in [0.29, 0.717) is 44.2 Å². The van der Waals surface area contributed by atoms with E-state index in [-0.39, 0.29) is 11.9 Å². The Bertz CT molecular complexity index is 464. The van der Waals surface area contributed by atoms with E-state index in [9.17, 15) is 9.59 Å². The van der Waals surface area contributed by atoms with Crippen molar-refractivity contribution in [1.82, 2.24) is 25.3 Å². The van der Waals surface area contributed by atoms with Crippen LogP contribution in [0.4, 0.5) is 10.6 Å². The first-order valence-corrected chi connectivity index (χ1v) is 6.24. The Labute approximate surface area is 110 Å². The summed E-state index contributed by atoms with van der Waals surface area (Å²) < 4.78 is 0. The number of hydrogen-bond acceptors (Lipinski definition) is 4. The maximum atomic E-state index is 12.1. The first-order valence-electron chi connectivity index (χ1n) is 6.24. The second-order valence-electron chi connectivity index (χ2n) is 4.32. The van der Waals surface area contributed by atoms with E-state index in [0.717, 1.165) is 0 Å². The highest BCUT2D eigenvalue weighted by molar-refractivity contribution is 5.93. The molecule has 1 aromatic rings. The van der Waals surface area contributed by atoms with Gasteiger partial charge >= 0.3 is 6.03 Å². The average Bonchev–Trinajstić information content (AvgIpc) is 2.85. The van der Waals surface area contributed by atoms with Crippen molar-refractivity contribution in [3.05, 3.63) is 11.8 Å². The number of aromatic nitrogens is 2. The number of amides is 3. The lowest BCUT2D eigenvalue weighted by Gasteiger charge is -2.34. The number of nitrogens with two attached hydrogens (primary N) is 1. The summed E-state index contributed by atoms with van der Waals surface area (Å²) in [5.41, 5.74) is 5.85. The molecule has 1 fully saturated rings. The van der Waals surface area contributed by atoms with Crippen molar-refractivity contribution < 1.29 is 9.59 Å². The summed E-state index contributed by atoms with van der Waals surface area (Å²) in [6.45, 7) is 4.55. The summed E-state index contributed by atoms with van der Waals surface area (Å²) in [6, 6.07) is 1.43. The molecule has 0 radical (unpaired) electrons. The van der Waals surface area contributed by atoms with Gasteiger partial charge in [0.15, 0.2) is 0 Å². The van der Waals surface area contributed by atoms with Gasteiger partial charge in [0, 0.05) is 38.8 Å². The lowest BCUT2D eigenvalue weighted by atomic mass is 10.3. The molecule has 3 amide bonds. The highest BCUT2D eigenvalue weighted by Crippen LogP contribution is 2.08. The van der Waals surface area contributed by atoms with Crippen LogP contribution in [0, 0.1) is 0 Å². The van der Waals surface area contributed by atoms with Crippen LogP contribution < -0.4 is 11.1 Å². The quantitative estimate of drug-likeness (QED) is 0.669. The Morgan fingerprint density at radius 1 is 1.37 bits per heavy atom. The van der Waals surface area contributed by atoms with Crippen LogP contribution in [0.15, 0.2) is 6.07 Å². The van der Waals surface area contributed by atoms with Crippen LogP contribution in [0.1, 0.15) is 17.4 Å². The fourth-order valence-electron chi connectivity index (χ4n) is 1.99. The molecule has 1 saturated heterocycles. The largest absolute Gasteiger partial charge is 0.382 e. The molecule has 0 aliphatic carbocycles. The zero-order valence-corrected chi connectivity index (χ0v) is 10.8. The molecular weight excluding hydrogens is 248 g/mol. The first kappa shape index (κ1) is 13.2. The minimum atomic E-state index is -0.139. The van der Waals surface area contributed by atoms with E-state index in [1.807, 2.05) is 6.92 Å².